The minimum Gasteiger partial charge on any atom is -0.367 e. The van der Waals surface area contributed by atoms with E-state index >= 15 is 0 Å². The number of likely N-dealkylation sites (tertiary alicyclic amines) is 1. The third-order valence-electron chi connectivity index (χ3n) is 4.68. The van der Waals surface area contributed by atoms with Crippen molar-refractivity contribution in [2.75, 3.05) is 13.1 Å². The van der Waals surface area contributed by atoms with Gasteiger partial charge in [-0.1, -0.05) is 0 Å². The van der Waals surface area contributed by atoms with Crippen LogP contribution in [-0.4, -0.2) is 48.5 Å². The summed E-state index contributed by atoms with van der Waals surface area (Å²) in [5.74, 6) is -0.304. The maximum absolute atomic E-state index is 14.5. The molecule has 0 aromatic heterocycles. The minimum absolute atomic E-state index is 0.00995. The molecule has 122 valence electrons. The fourth-order valence-electron chi connectivity index (χ4n) is 3.33. The van der Waals surface area contributed by atoms with Crippen molar-refractivity contribution in [2.24, 2.45) is 21.6 Å². The highest BCUT2D eigenvalue weighted by molar-refractivity contribution is 5.95. The Morgan fingerprint density at radius 1 is 1.30 bits per heavy atom. The van der Waals surface area contributed by atoms with Gasteiger partial charge in [-0.3, -0.25) is 14.8 Å². The van der Waals surface area contributed by atoms with Crippen LogP contribution in [0, 0.1) is 5.92 Å². The lowest BCUT2D eigenvalue weighted by Crippen LogP contribution is -2.44. The summed E-state index contributed by atoms with van der Waals surface area (Å²) in [7, 11) is 0. The average Bonchev–Trinajstić information content (AvgIpc) is 3.31. The topological polar surface area (TPSA) is 83.1 Å². The number of hydrogen-bond donors (Lipinski definition) is 2. The number of fused-ring (bicyclic) bond motifs is 1. The highest BCUT2D eigenvalue weighted by atomic mass is 19.1. The number of nitrogens with zero attached hydrogens (tertiary/aromatic N) is 3. The SMILES string of the molecule is N[C@H]1CCCN(C2=C(F)C=NC3N=CC(NC(=O)C4CC4)=C23)C1. The van der Waals surface area contributed by atoms with Crippen LogP contribution < -0.4 is 11.1 Å². The molecule has 4 rings (SSSR count). The molecule has 2 fully saturated rings. The maximum atomic E-state index is 14.5. The Morgan fingerprint density at radius 3 is 2.83 bits per heavy atom. The summed E-state index contributed by atoms with van der Waals surface area (Å²) in [5, 5.41) is 2.90. The van der Waals surface area contributed by atoms with Crippen LogP contribution in [-0.2, 0) is 4.79 Å². The molecule has 0 spiro atoms. The second-order valence-electron chi connectivity index (χ2n) is 6.57. The van der Waals surface area contributed by atoms with E-state index in [0.29, 0.717) is 23.5 Å². The maximum Gasteiger partial charge on any atom is 0.227 e. The van der Waals surface area contributed by atoms with Gasteiger partial charge in [0.2, 0.25) is 5.91 Å². The number of nitrogens with one attached hydrogen (secondary N) is 1. The number of piperidine rings is 1. The van der Waals surface area contributed by atoms with Crippen LogP contribution in [0.15, 0.2) is 32.8 Å². The number of dihydropyridines is 1. The number of carbonyl (C=O) groups excluding carboxylic acids is 1. The number of amides is 1. The summed E-state index contributed by atoms with van der Waals surface area (Å²) >= 11 is 0. The molecule has 0 aromatic rings. The number of halogens is 1. The molecule has 6 nitrogen and oxygen atoms in total. The zero-order valence-electron chi connectivity index (χ0n) is 12.8. The Balaban J connectivity index is 1.66. The molecule has 1 unspecified atom stereocenters. The molecule has 2 atom stereocenters. The first-order valence-electron chi connectivity index (χ1n) is 8.15. The molecule has 0 bridgehead atoms. The zero-order valence-corrected chi connectivity index (χ0v) is 12.8. The van der Waals surface area contributed by atoms with Crippen molar-refractivity contribution >= 4 is 18.3 Å². The first-order valence-corrected chi connectivity index (χ1v) is 8.15. The molecular weight excluding hydrogens is 297 g/mol. The van der Waals surface area contributed by atoms with Gasteiger partial charge in [-0.05, 0) is 25.7 Å². The van der Waals surface area contributed by atoms with E-state index in [0.717, 1.165) is 32.2 Å². The van der Waals surface area contributed by atoms with E-state index in [9.17, 15) is 9.18 Å². The number of allylic oxidation sites excluding steroid dienone is 2. The Labute approximate surface area is 134 Å². The van der Waals surface area contributed by atoms with Gasteiger partial charge in [0.15, 0.2) is 12.0 Å². The van der Waals surface area contributed by atoms with Gasteiger partial charge in [-0.15, -0.1) is 0 Å². The van der Waals surface area contributed by atoms with Gasteiger partial charge in [-0.2, -0.15) is 0 Å². The summed E-state index contributed by atoms with van der Waals surface area (Å²) < 4.78 is 14.5. The smallest absolute Gasteiger partial charge is 0.227 e. The molecule has 1 saturated carbocycles. The standard InChI is InChI=1S/C16H20FN5O/c17-11-6-19-15-13(14(11)22-5-1-2-10(18)8-22)12(7-20-15)21-16(23)9-3-4-9/h6-7,9-10,15H,1-5,8,18H2,(H,21,23)/t10-,15?/m0/s1. The molecule has 3 aliphatic heterocycles. The average molecular weight is 317 g/mol. The predicted octanol–water partition coefficient (Wildman–Crippen LogP) is 0.866. The molecule has 4 aliphatic rings. The van der Waals surface area contributed by atoms with Gasteiger partial charge in [0.25, 0.3) is 0 Å². The van der Waals surface area contributed by atoms with Crippen molar-refractivity contribution in [1.82, 2.24) is 10.2 Å². The molecule has 0 aromatic carbocycles. The highest BCUT2D eigenvalue weighted by Crippen LogP contribution is 2.35. The molecular formula is C16H20FN5O. The summed E-state index contributed by atoms with van der Waals surface area (Å²) in [6, 6.07) is 0.0359. The van der Waals surface area contributed by atoms with Crippen LogP contribution in [0.25, 0.3) is 0 Å². The fraction of sp³-hybridized carbons (Fsp3) is 0.562. The second kappa shape index (κ2) is 5.56. The van der Waals surface area contributed by atoms with Gasteiger partial charge < -0.3 is 16.0 Å². The zero-order chi connectivity index (χ0) is 16.0. The van der Waals surface area contributed by atoms with Crippen molar-refractivity contribution in [1.29, 1.82) is 0 Å². The van der Waals surface area contributed by atoms with E-state index < -0.39 is 6.17 Å². The van der Waals surface area contributed by atoms with Gasteiger partial charge in [0.1, 0.15) is 0 Å². The Morgan fingerprint density at radius 2 is 2.09 bits per heavy atom. The lowest BCUT2D eigenvalue weighted by Gasteiger charge is -2.36. The number of rotatable bonds is 3. The largest absolute Gasteiger partial charge is 0.367 e. The first kappa shape index (κ1) is 14.6. The van der Waals surface area contributed by atoms with Gasteiger partial charge in [0, 0.05) is 36.8 Å². The number of aliphatic imine (C=N–C) groups is 2. The third-order valence-corrected chi connectivity index (χ3v) is 4.68. The van der Waals surface area contributed by atoms with Crippen molar-refractivity contribution in [3.8, 4) is 0 Å². The minimum atomic E-state index is -0.461. The predicted molar refractivity (Wildman–Crippen MR) is 85.6 cm³/mol. The van der Waals surface area contributed by atoms with Gasteiger partial charge >= 0.3 is 0 Å². The van der Waals surface area contributed by atoms with E-state index in [2.05, 4.69) is 15.3 Å². The lowest BCUT2D eigenvalue weighted by atomic mass is 10.00. The molecule has 1 saturated heterocycles. The molecule has 3 N–H and O–H groups in total. The Hall–Kier alpha value is -2.02. The summed E-state index contributed by atoms with van der Waals surface area (Å²) in [4.78, 5) is 22.5. The molecule has 0 radical (unpaired) electrons. The molecule has 7 heteroatoms. The molecule has 1 aliphatic carbocycles. The number of hydrogen-bond acceptors (Lipinski definition) is 5. The van der Waals surface area contributed by atoms with Crippen LogP contribution in [0.1, 0.15) is 25.7 Å². The third kappa shape index (κ3) is 2.69. The van der Waals surface area contributed by atoms with Crippen molar-refractivity contribution in [3.05, 3.63) is 22.8 Å². The number of nitrogens with two attached hydrogens (primary N) is 1. The first-order chi connectivity index (χ1) is 11.1. The van der Waals surface area contributed by atoms with Crippen molar-refractivity contribution in [2.45, 2.75) is 37.9 Å². The fourth-order valence-corrected chi connectivity index (χ4v) is 3.33. The summed E-state index contributed by atoms with van der Waals surface area (Å²) in [6.45, 7) is 1.36. The quantitative estimate of drug-likeness (QED) is 0.810. The second-order valence-corrected chi connectivity index (χ2v) is 6.57. The van der Waals surface area contributed by atoms with E-state index in [1.165, 1.54) is 6.21 Å². The van der Waals surface area contributed by atoms with Gasteiger partial charge in [0.05, 0.1) is 17.6 Å². The highest BCUT2D eigenvalue weighted by Gasteiger charge is 2.36. The monoisotopic (exact) mass is 317 g/mol. The molecule has 3 heterocycles. The summed E-state index contributed by atoms with van der Waals surface area (Å²) in [6.07, 6.45) is 6.09. The van der Waals surface area contributed by atoms with Crippen molar-refractivity contribution < 1.29 is 9.18 Å². The van der Waals surface area contributed by atoms with E-state index in [4.69, 9.17) is 5.73 Å². The molecule has 23 heavy (non-hydrogen) atoms. The van der Waals surface area contributed by atoms with E-state index in [-0.39, 0.29) is 23.7 Å². The van der Waals surface area contributed by atoms with Crippen LogP contribution in [0.4, 0.5) is 4.39 Å². The summed E-state index contributed by atoms with van der Waals surface area (Å²) in [5.41, 5.74) is 7.77. The lowest BCUT2D eigenvalue weighted by molar-refractivity contribution is -0.121. The van der Waals surface area contributed by atoms with Crippen LogP contribution in [0.3, 0.4) is 0 Å². The van der Waals surface area contributed by atoms with Crippen LogP contribution >= 0.6 is 0 Å². The molecule has 1 amide bonds. The number of carbonyl (C=O) groups is 1. The normalized spacial score (nSPS) is 30.1. The van der Waals surface area contributed by atoms with Crippen LogP contribution in [0.5, 0.6) is 0 Å². The van der Waals surface area contributed by atoms with Gasteiger partial charge in [-0.25, -0.2) is 4.39 Å². The van der Waals surface area contributed by atoms with E-state index in [1.54, 1.807) is 6.21 Å². The Bertz CT molecular complexity index is 661. The van der Waals surface area contributed by atoms with Crippen molar-refractivity contribution in [3.63, 3.8) is 0 Å². The van der Waals surface area contributed by atoms with Crippen LogP contribution in [0.2, 0.25) is 0 Å². The van der Waals surface area contributed by atoms with E-state index in [1.807, 2.05) is 4.90 Å². The Kier molecular flexibility index (Phi) is 3.52.